The van der Waals surface area contributed by atoms with E-state index in [9.17, 15) is 9.59 Å². The first-order chi connectivity index (χ1) is 8.66. The van der Waals surface area contributed by atoms with Gasteiger partial charge in [0.05, 0.1) is 5.92 Å². The maximum atomic E-state index is 11.9. The van der Waals surface area contributed by atoms with E-state index in [1.165, 1.54) is 0 Å². The van der Waals surface area contributed by atoms with Crippen LogP contribution in [-0.4, -0.2) is 36.1 Å². The van der Waals surface area contributed by atoms with Crippen LogP contribution in [0.3, 0.4) is 0 Å². The number of amides is 1. The highest BCUT2D eigenvalue weighted by atomic mass is 16.4. The van der Waals surface area contributed by atoms with Gasteiger partial charge in [0.2, 0.25) is 5.91 Å². The van der Waals surface area contributed by atoms with Gasteiger partial charge in [-0.1, -0.05) is 6.42 Å². The average Bonchev–Trinajstić information content (AvgIpc) is 2.78. The van der Waals surface area contributed by atoms with Crippen molar-refractivity contribution in [2.75, 3.05) is 13.1 Å². The fraction of sp³-hybridized carbons (Fsp3) is 0.846. The van der Waals surface area contributed by atoms with Crippen LogP contribution >= 0.6 is 0 Å². The molecule has 1 aliphatic heterocycles. The van der Waals surface area contributed by atoms with E-state index in [2.05, 4.69) is 10.6 Å². The van der Waals surface area contributed by atoms with Crippen molar-refractivity contribution in [2.24, 2.45) is 11.8 Å². The van der Waals surface area contributed by atoms with Gasteiger partial charge >= 0.3 is 5.97 Å². The molecule has 1 aliphatic carbocycles. The van der Waals surface area contributed by atoms with Gasteiger partial charge in [0.15, 0.2) is 0 Å². The summed E-state index contributed by atoms with van der Waals surface area (Å²) in [7, 11) is 0. The number of carbonyl (C=O) groups is 2. The van der Waals surface area contributed by atoms with E-state index in [0.29, 0.717) is 18.8 Å². The Morgan fingerprint density at radius 1 is 1.22 bits per heavy atom. The van der Waals surface area contributed by atoms with Crippen molar-refractivity contribution in [1.82, 2.24) is 10.6 Å². The molecule has 18 heavy (non-hydrogen) atoms. The molecule has 102 valence electrons. The van der Waals surface area contributed by atoms with Gasteiger partial charge in [-0.25, -0.2) is 0 Å². The summed E-state index contributed by atoms with van der Waals surface area (Å²) in [5.41, 5.74) is 0. The van der Waals surface area contributed by atoms with Gasteiger partial charge in [0.1, 0.15) is 0 Å². The summed E-state index contributed by atoms with van der Waals surface area (Å²) in [6.45, 7) is 1.95. The molecule has 3 atom stereocenters. The summed E-state index contributed by atoms with van der Waals surface area (Å²) in [4.78, 5) is 22.9. The fourth-order valence-corrected chi connectivity index (χ4v) is 3.05. The number of rotatable bonds is 4. The van der Waals surface area contributed by atoms with Crippen LogP contribution in [0.15, 0.2) is 0 Å². The van der Waals surface area contributed by atoms with Gasteiger partial charge in [0.25, 0.3) is 0 Å². The van der Waals surface area contributed by atoms with E-state index in [1.807, 2.05) is 0 Å². The van der Waals surface area contributed by atoms with Crippen LogP contribution in [0.1, 0.15) is 38.5 Å². The predicted octanol–water partition coefficient (Wildman–Crippen LogP) is 0.746. The Kier molecular flexibility index (Phi) is 4.58. The van der Waals surface area contributed by atoms with Crippen LogP contribution in [0.25, 0.3) is 0 Å². The highest BCUT2D eigenvalue weighted by Crippen LogP contribution is 2.26. The van der Waals surface area contributed by atoms with E-state index < -0.39 is 11.9 Å². The summed E-state index contributed by atoms with van der Waals surface area (Å²) in [5, 5.41) is 15.3. The van der Waals surface area contributed by atoms with E-state index in [4.69, 9.17) is 5.11 Å². The summed E-state index contributed by atoms with van der Waals surface area (Å²) < 4.78 is 0. The van der Waals surface area contributed by atoms with Gasteiger partial charge in [-0.15, -0.1) is 0 Å². The van der Waals surface area contributed by atoms with E-state index in [1.54, 1.807) is 0 Å². The van der Waals surface area contributed by atoms with E-state index >= 15 is 0 Å². The first-order valence-electron chi connectivity index (χ1n) is 6.89. The minimum Gasteiger partial charge on any atom is -0.481 e. The largest absolute Gasteiger partial charge is 0.481 e. The second kappa shape index (κ2) is 6.18. The second-order valence-electron chi connectivity index (χ2n) is 5.47. The topological polar surface area (TPSA) is 78.4 Å². The lowest BCUT2D eigenvalue weighted by Crippen LogP contribution is -2.42. The molecule has 3 N–H and O–H groups in total. The minimum absolute atomic E-state index is 0.0156. The second-order valence-corrected chi connectivity index (χ2v) is 5.47. The van der Waals surface area contributed by atoms with Gasteiger partial charge in [-0.3, -0.25) is 9.59 Å². The quantitative estimate of drug-likeness (QED) is 0.691. The molecule has 3 unspecified atom stereocenters. The Hall–Kier alpha value is -1.10. The molecule has 1 heterocycles. The maximum absolute atomic E-state index is 11.9. The number of aliphatic carboxylic acids is 1. The highest BCUT2D eigenvalue weighted by molar-refractivity contribution is 5.78. The first-order valence-corrected chi connectivity index (χ1v) is 6.89. The molecule has 5 heteroatoms. The zero-order chi connectivity index (χ0) is 13.0. The number of carboxylic acids is 1. The monoisotopic (exact) mass is 254 g/mol. The first kappa shape index (κ1) is 13.3. The van der Waals surface area contributed by atoms with Crippen LogP contribution in [0, 0.1) is 11.8 Å². The molecule has 1 amide bonds. The Balaban J connectivity index is 1.77. The van der Waals surface area contributed by atoms with Crippen molar-refractivity contribution in [1.29, 1.82) is 0 Å². The van der Waals surface area contributed by atoms with Crippen LogP contribution in [-0.2, 0) is 9.59 Å². The summed E-state index contributed by atoms with van der Waals surface area (Å²) in [6, 6.07) is -0.161. The summed E-state index contributed by atoms with van der Waals surface area (Å²) in [6.07, 6.45) is 5.12. The SMILES string of the molecule is O=C(CC1CCCNC1)NC1CCCC1C(=O)O. The third kappa shape index (κ3) is 3.45. The van der Waals surface area contributed by atoms with Gasteiger partial charge < -0.3 is 15.7 Å². The molecule has 1 saturated carbocycles. The zero-order valence-electron chi connectivity index (χ0n) is 10.7. The molecule has 0 aromatic rings. The lowest BCUT2D eigenvalue weighted by Gasteiger charge is -2.24. The minimum atomic E-state index is -0.780. The molecule has 0 radical (unpaired) electrons. The molecule has 2 fully saturated rings. The Morgan fingerprint density at radius 3 is 2.72 bits per heavy atom. The molecule has 2 rings (SSSR count). The number of nitrogens with one attached hydrogen (secondary N) is 2. The molecule has 2 aliphatic rings. The van der Waals surface area contributed by atoms with Crippen molar-refractivity contribution >= 4 is 11.9 Å². The molecule has 1 saturated heterocycles. The summed E-state index contributed by atoms with van der Waals surface area (Å²) >= 11 is 0. The third-order valence-corrected chi connectivity index (χ3v) is 4.05. The number of carboxylic acid groups (broad SMARTS) is 1. The highest BCUT2D eigenvalue weighted by Gasteiger charge is 2.34. The van der Waals surface area contributed by atoms with Crippen LogP contribution < -0.4 is 10.6 Å². The summed E-state index contributed by atoms with van der Waals surface area (Å²) in [5.74, 6) is -0.749. The van der Waals surface area contributed by atoms with Gasteiger partial charge in [-0.05, 0) is 44.7 Å². The van der Waals surface area contributed by atoms with Gasteiger partial charge in [-0.2, -0.15) is 0 Å². The van der Waals surface area contributed by atoms with Crippen molar-refractivity contribution < 1.29 is 14.7 Å². The number of piperidine rings is 1. The van der Waals surface area contributed by atoms with Crippen molar-refractivity contribution in [2.45, 2.75) is 44.6 Å². The predicted molar refractivity (Wildman–Crippen MR) is 67.1 cm³/mol. The van der Waals surface area contributed by atoms with Gasteiger partial charge in [0, 0.05) is 12.5 Å². The smallest absolute Gasteiger partial charge is 0.308 e. The van der Waals surface area contributed by atoms with Crippen molar-refractivity contribution in [3.8, 4) is 0 Å². The van der Waals surface area contributed by atoms with Crippen LogP contribution in [0.5, 0.6) is 0 Å². The molecule has 0 aromatic heterocycles. The normalized spacial score (nSPS) is 32.1. The number of hydrogen-bond donors (Lipinski definition) is 3. The zero-order valence-corrected chi connectivity index (χ0v) is 10.7. The lowest BCUT2D eigenvalue weighted by atomic mass is 9.95. The Labute approximate surface area is 107 Å². The van der Waals surface area contributed by atoms with E-state index in [-0.39, 0.29) is 11.9 Å². The fourth-order valence-electron chi connectivity index (χ4n) is 3.05. The van der Waals surface area contributed by atoms with Crippen LogP contribution in [0.4, 0.5) is 0 Å². The molecular weight excluding hydrogens is 232 g/mol. The van der Waals surface area contributed by atoms with Crippen molar-refractivity contribution in [3.63, 3.8) is 0 Å². The molecule has 0 aromatic carbocycles. The number of hydrogen-bond acceptors (Lipinski definition) is 3. The third-order valence-electron chi connectivity index (χ3n) is 4.05. The van der Waals surface area contributed by atoms with Crippen molar-refractivity contribution in [3.05, 3.63) is 0 Å². The standard InChI is InChI=1S/C13H22N2O3/c16-12(7-9-3-2-6-14-8-9)15-11-5-1-4-10(11)13(17)18/h9-11,14H,1-8H2,(H,15,16)(H,17,18). The van der Waals surface area contributed by atoms with Crippen LogP contribution in [0.2, 0.25) is 0 Å². The maximum Gasteiger partial charge on any atom is 0.308 e. The lowest BCUT2D eigenvalue weighted by molar-refractivity contribution is -0.142. The average molecular weight is 254 g/mol. The Bertz CT molecular complexity index is 313. The number of carbonyl (C=O) groups excluding carboxylic acids is 1. The molecule has 0 spiro atoms. The molecule has 0 bridgehead atoms. The Morgan fingerprint density at radius 2 is 2.06 bits per heavy atom. The molecule has 5 nitrogen and oxygen atoms in total. The molecular formula is C13H22N2O3. The van der Waals surface area contributed by atoms with E-state index in [0.717, 1.165) is 38.8 Å².